The highest BCUT2D eigenvalue weighted by Crippen LogP contribution is 2.33. The number of benzene rings is 1. The number of ether oxygens (including phenoxy) is 1. The molecule has 1 N–H and O–H groups in total. The number of amides is 1. The van der Waals surface area contributed by atoms with E-state index in [0.29, 0.717) is 0 Å². The topological polar surface area (TPSA) is 49.8 Å². The van der Waals surface area contributed by atoms with Gasteiger partial charge in [0.25, 0.3) is 5.91 Å². The Hall–Kier alpha value is -1.55. The molecule has 1 aromatic carbocycles. The van der Waals surface area contributed by atoms with Crippen molar-refractivity contribution in [3.63, 3.8) is 0 Å². The number of piperidine rings is 1. The van der Waals surface area contributed by atoms with Crippen LogP contribution in [0.3, 0.4) is 0 Å². The van der Waals surface area contributed by atoms with Crippen LogP contribution in [-0.4, -0.2) is 35.1 Å². The number of rotatable bonds is 3. The summed E-state index contributed by atoms with van der Waals surface area (Å²) in [5.74, 6) is 0.802. The maximum atomic E-state index is 12.3. The Kier molecular flexibility index (Phi) is 4.15. The molecule has 1 heterocycles. The van der Waals surface area contributed by atoms with Gasteiger partial charge in [0, 0.05) is 13.1 Å². The highest BCUT2D eigenvalue weighted by molar-refractivity contribution is 5.81. The minimum absolute atomic E-state index is 0.0789. The Morgan fingerprint density at radius 3 is 2.86 bits per heavy atom. The second-order valence-corrected chi connectivity index (χ2v) is 6.06. The number of fused-ring (bicyclic) bond motifs is 1. The molecule has 1 saturated heterocycles. The lowest BCUT2D eigenvalue weighted by atomic mass is 10.1. The van der Waals surface area contributed by atoms with Crippen molar-refractivity contribution in [3.8, 4) is 5.75 Å². The van der Waals surface area contributed by atoms with Gasteiger partial charge in [-0.2, -0.15) is 0 Å². The summed E-state index contributed by atoms with van der Waals surface area (Å²) in [6, 6.07) is 5.74. The Bertz CT molecular complexity index is 523. The summed E-state index contributed by atoms with van der Waals surface area (Å²) in [6.07, 6.45) is 4.26. The third-order valence-corrected chi connectivity index (χ3v) is 4.49. The first-order valence-corrected chi connectivity index (χ1v) is 7.91. The van der Waals surface area contributed by atoms with Crippen LogP contribution in [0.25, 0.3) is 0 Å². The molecule has 0 aromatic heterocycles. The molecule has 4 heteroatoms. The molecule has 1 aliphatic carbocycles. The van der Waals surface area contributed by atoms with E-state index in [1.54, 1.807) is 0 Å². The summed E-state index contributed by atoms with van der Waals surface area (Å²) < 4.78 is 5.82. The third kappa shape index (κ3) is 3.05. The molecule has 114 valence electrons. The molecule has 1 amide bonds. The van der Waals surface area contributed by atoms with Crippen molar-refractivity contribution < 1.29 is 14.6 Å². The van der Waals surface area contributed by atoms with Crippen molar-refractivity contribution in [3.05, 3.63) is 29.3 Å². The van der Waals surface area contributed by atoms with Crippen LogP contribution in [0.1, 0.15) is 49.8 Å². The minimum Gasteiger partial charge on any atom is -0.481 e. The van der Waals surface area contributed by atoms with Crippen LogP contribution in [0.2, 0.25) is 0 Å². The van der Waals surface area contributed by atoms with E-state index < -0.39 is 6.10 Å². The molecule has 0 bridgehead atoms. The van der Waals surface area contributed by atoms with Gasteiger partial charge in [-0.15, -0.1) is 0 Å². The minimum atomic E-state index is -0.451. The van der Waals surface area contributed by atoms with Gasteiger partial charge in [-0.3, -0.25) is 4.79 Å². The SMILES string of the molecule is CC(Oc1ccc2c(c1)CC[C@@H]2O)C(=O)N1CCCCC1. The summed E-state index contributed by atoms with van der Waals surface area (Å²) in [6.45, 7) is 3.52. The van der Waals surface area contributed by atoms with Gasteiger partial charge in [-0.05, 0) is 62.3 Å². The molecule has 0 spiro atoms. The monoisotopic (exact) mass is 289 g/mol. The first-order valence-electron chi connectivity index (χ1n) is 7.91. The van der Waals surface area contributed by atoms with E-state index in [-0.39, 0.29) is 12.0 Å². The van der Waals surface area contributed by atoms with Gasteiger partial charge in [-0.25, -0.2) is 0 Å². The molecule has 2 aliphatic rings. The number of aliphatic hydroxyl groups excluding tert-OH is 1. The molecular weight excluding hydrogens is 266 g/mol. The van der Waals surface area contributed by atoms with Crippen molar-refractivity contribution in [2.75, 3.05) is 13.1 Å². The van der Waals surface area contributed by atoms with E-state index in [9.17, 15) is 9.90 Å². The number of hydrogen-bond donors (Lipinski definition) is 1. The van der Waals surface area contributed by atoms with E-state index in [2.05, 4.69) is 0 Å². The average molecular weight is 289 g/mol. The quantitative estimate of drug-likeness (QED) is 0.930. The number of likely N-dealkylation sites (tertiary alicyclic amines) is 1. The largest absolute Gasteiger partial charge is 0.481 e. The van der Waals surface area contributed by atoms with Crippen LogP contribution in [0.5, 0.6) is 5.75 Å². The van der Waals surface area contributed by atoms with E-state index >= 15 is 0 Å². The fraction of sp³-hybridized carbons (Fsp3) is 0.588. The molecule has 21 heavy (non-hydrogen) atoms. The maximum Gasteiger partial charge on any atom is 0.263 e. The fourth-order valence-corrected chi connectivity index (χ4v) is 3.27. The lowest BCUT2D eigenvalue weighted by molar-refractivity contribution is -0.138. The number of hydrogen-bond acceptors (Lipinski definition) is 3. The number of nitrogens with zero attached hydrogens (tertiary/aromatic N) is 1. The second kappa shape index (κ2) is 6.06. The first kappa shape index (κ1) is 14.4. The summed E-state index contributed by atoms with van der Waals surface area (Å²) in [4.78, 5) is 14.3. The Morgan fingerprint density at radius 2 is 2.10 bits per heavy atom. The predicted molar refractivity (Wildman–Crippen MR) is 80.2 cm³/mol. The van der Waals surface area contributed by atoms with Crippen LogP contribution in [-0.2, 0) is 11.2 Å². The third-order valence-electron chi connectivity index (χ3n) is 4.49. The van der Waals surface area contributed by atoms with Crippen LogP contribution in [0.15, 0.2) is 18.2 Å². The maximum absolute atomic E-state index is 12.3. The summed E-state index contributed by atoms with van der Waals surface area (Å²) in [5, 5.41) is 9.81. The molecule has 4 nitrogen and oxygen atoms in total. The molecular formula is C17H23NO3. The zero-order valence-electron chi connectivity index (χ0n) is 12.5. The fourth-order valence-electron chi connectivity index (χ4n) is 3.27. The van der Waals surface area contributed by atoms with Crippen LogP contribution >= 0.6 is 0 Å². The molecule has 2 atom stereocenters. The molecule has 1 aromatic rings. The average Bonchev–Trinajstić information content (AvgIpc) is 2.88. The zero-order valence-corrected chi connectivity index (χ0v) is 12.5. The van der Waals surface area contributed by atoms with E-state index in [1.165, 1.54) is 6.42 Å². The summed E-state index contributed by atoms with van der Waals surface area (Å²) in [5.41, 5.74) is 2.13. The van der Waals surface area contributed by atoms with E-state index in [4.69, 9.17) is 4.74 Å². The number of aliphatic hydroxyl groups is 1. The van der Waals surface area contributed by atoms with Gasteiger partial charge in [0.1, 0.15) is 5.75 Å². The van der Waals surface area contributed by atoms with Crippen LogP contribution in [0, 0.1) is 0 Å². The molecule has 3 rings (SSSR count). The standard InChI is InChI=1S/C17H23NO3/c1-12(17(20)18-9-3-2-4-10-18)21-14-6-7-15-13(11-14)5-8-16(15)19/h6-7,11-12,16,19H,2-5,8-10H2,1H3/t12?,16-/m0/s1. The summed E-state index contributed by atoms with van der Waals surface area (Å²) >= 11 is 0. The van der Waals surface area contributed by atoms with Gasteiger partial charge in [0.05, 0.1) is 6.10 Å². The van der Waals surface area contributed by atoms with Gasteiger partial charge in [-0.1, -0.05) is 6.07 Å². The number of carbonyl (C=O) groups excluding carboxylic acids is 1. The molecule has 0 saturated carbocycles. The van der Waals surface area contributed by atoms with Gasteiger partial charge in [0.15, 0.2) is 6.10 Å². The second-order valence-electron chi connectivity index (χ2n) is 6.06. The van der Waals surface area contributed by atoms with Crippen LogP contribution < -0.4 is 4.74 Å². The lowest BCUT2D eigenvalue weighted by Crippen LogP contribution is -2.43. The Labute approximate surface area is 125 Å². The van der Waals surface area contributed by atoms with Gasteiger partial charge < -0.3 is 14.7 Å². The van der Waals surface area contributed by atoms with Crippen molar-refractivity contribution in [1.82, 2.24) is 4.90 Å². The molecule has 1 unspecified atom stereocenters. The normalized spacial score (nSPS) is 22.8. The summed E-state index contributed by atoms with van der Waals surface area (Å²) in [7, 11) is 0. The van der Waals surface area contributed by atoms with Crippen molar-refractivity contribution >= 4 is 5.91 Å². The highest BCUT2D eigenvalue weighted by atomic mass is 16.5. The first-order chi connectivity index (χ1) is 10.1. The van der Waals surface area contributed by atoms with E-state index in [0.717, 1.165) is 55.6 Å². The highest BCUT2D eigenvalue weighted by Gasteiger charge is 2.25. The van der Waals surface area contributed by atoms with Crippen molar-refractivity contribution in [2.24, 2.45) is 0 Å². The van der Waals surface area contributed by atoms with Gasteiger partial charge >= 0.3 is 0 Å². The van der Waals surface area contributed by atoms with Crippen LogP contribution in [0.4, 0.5) is 0 Å². The molecule has 1 aliphatic heterocycles. The van der Waals surface area contributed by atoms with Gasteiger partial charge in [0.2, 0.25) is 0 Å². The number of carbonyl (C=O) groups is 1. The number of aryl methyl sites for hydroxylation is 1. The zero-order chi connectivity index (χ0) is 14.8. The predicted octanol–water partition coefficient (Wildman–Crippen LogP) is 2.45. The molecule has 0 radical (unpaired) electrons. The van der Waals surface area contributed by atoms with Crippen molar-refractivity contribution in [2.45, 2.75) is 51.2 Å². The molecule has 1 fully saturated rings. The Morgan fingerprint density at radius 1 is 1.33 bits per heavy atom. The van der Waals surface area contributed by atoms with Crippen molar-refractivity contribution in [1.29, 1.82) is 0 Å². The van der Waals surface area contributed by atoms with E-state index in [1.807, 2.05) is 30.0 Å². The smallest absolute Gasteiger partial charge is 0.263 e. The lowest BCUT2D eigenvalue weighted by Gasteiger charge is -2.29. The Balaban J connectivity index is 1.64.